The molecule has 100 valence electrons. The van der Waals surface area contributed by atoms with Gasteiger partial charge in [-0.1, -0.05) is 18.5 Å². The molecule has 0 amide bonds. The highest BCUT2D eigenvalue weighted by atomic mass is 35.5. The summed E-state index contributed by atoms with van der Waals surface area (Å²) in [6, 6.07) is 5.94. The number of benzene rings is 1. The van der Waals surface area contributed by atoms with Crippen molar-refractivity contribution in [1.29, 1.82) is 0 Å². The van der Waals surface area contributed by atoms with Crippen molar-refractivity contribution in [2.45, 2.75) is 42.4 Å². The Morgan fingerprint density at radius 3 is 2.94 bits per heavy atom. The van der Waals surface area contributed by atoms with E-state index in [-0.39, 0.29) is 5.75 Å². The third-order valence-electron chi connectivity index (χ3n) is 3.64. The van der Waals surface area contributed by atoms with Crippen LogP contribution >= 0.6 is 23.4 Å². The number of nitrogens with zero attached hydrogens (tertiary/aromatic N) is 1. The van der Waals surface area contributed by atoms with E-state index in [2.05, 4.69) is 18.9 Å². The second-order valence-corrected chi connectivity index (χ2v) is 6.67. The molecule has 1 aromatic rings. The molecule has 0 spiro atoms. The predicted molar refractivity (Wildman–Crippen MR) is 78.7 cm³/mol. The Kier molecular flexibility index (Phi) is 4.82. The predicted octanol–water partition coefficient (Wildman–Crippen LogP) is 4.01. The molecule has 0 bridgehead atoms. The Morgan fingerprint density at radius 2 is 2.28 bits per heavy atom. The van der Waals surface area contributed by atoms with Gasteiger partial charge in [0.05, 0.1) is 5.02 Å². The first-order chi connectivity index (χ1) is 8.60. The highest BCUT2D eigenvalue weighted by Crippen LogP contribution is 2.37. The minimum Gasteiger partial charge on any atom is -0.508 e. The fourth-order valence-corrected chi connectivity index (χ4v) is 4.01. The van der Waals surface area contributed by atoms with Gasteiger partial charge < -0.3 is 10.0 Å². The van der Waals surface area contributed by atoms with Crippen LogP contribution < -0.4 is 0 Å². The normalized spacial score (nSPS) is 25.3. The number of thioether (sulfide) groups is 1. The number of halogens is 1. The lowest BCUT2D eigenvalue weighted by molar-refractivity contribution is 0.185. The van der Waals surface area contributed by atoms with E-state index in [9.17, 15) is 5.11 Å². The molecule has 1 unspecified atom stereocenters. The van der Waals surface area contributed by atoms with Gasteiger partial charge in [-0.2, -0.15) is 0 Å². The largest absolute Gasteiger partial charge is 0.508 e. The van der Waals surface area contributed by atoms with Gasteiger partial charge in [0.15, 0.2) is 0 Å². The first-order valence-corrected chi connectivity index (χ1v) is 7.71. The lowest BCUT2D eigenvalue weighted by Crippen LogP contribution is -2.40. The van der Waals surface area contributed by atoms with Crippen molar-refractivity contribution in [1.82, 2.24) is 4.90 Å². The maximum absolute atomic E-state index is 9.36. The molecular weight excluding hydrogens is 266 g/mol. The molecule has 4 heteroatoms. The molecule has 2 nitrogen and oxygen atoms in total. The zero-order valence-electron chi connectivity index (χ0n) is 10.9. The van der Waals surface area contributed by atoms with E-state index >= 15 is 0 Å². The summed E-state index contributed by atoms with van der Waals surface area (Å²) in [5.41, 5.74) is 0. The van der Waals surface area contributed by atoms with E-state index in [1.165, 1.54) is 19.3 Å². The molecule has 1 fully saturated rings. The van der Waals surface area contributed by atoms with Crippen molar-refractivity contribution < 1.29 is 5.11 Å². The van der Waals surface area contributed by atoms with Crippen LogP contribution in [0, 0.1) is 0 Å². The quantitative estimate of drug-likeness (QED) is 0.908. The molecule has 1 N–H and O–H groups in total. The number of phenolic OH excluding ortho intramolecular Hbond substituents is 1. The number of rotatable bonds is 3. The van der Waals surface area contributed by atoms with Crippen LogP contribution in [0.1, 0.15) is 26.2 Å². The fraction of sp³-hybridized carbons (Fsp3) is 0.571. The molecule has 0 aliphatic carbocycles. The topological polar surface area (TPSA) is 23.5 Å². The molecule has 1 aliphatic rings. The van der Waals surface area contributed by atoms with Crippen molar-refractivity contribution >= 4 is 23.4 Å². The summed E-state index contributed by atoms with van der Waals surface area (Å²) < 4.78 is 0. The van der Waals surface area contributed by atoms with Crippen LogP contribution in [0.5, 0.6) is 5.75 Å². The highest BCUT2D eigenvalue weighted by Gasteiger charge is 2.25. The molecule has 2 rings (SSSR count). The number of phenols is 1. The minimum atomic E-state index is 0.235. The molecule has 0 aromatic heterocycles. The molecule has 1 aliphatic heterocycles. The standard InChI is InChI=1S/C14H20ClNOS/c1-3-10-8-12(6-7-16(10)2)18-14-5-4-11(17)9-13(14)15/h4-5,9-10,12,17H,3,6-8H2,1-2H3/t10?,12-/m0/s1. The number of hydrogen-bond donors (Lipinski definition) is 1. The molecule has 2 atom stereocenters. The summed E-state index contributed by atoms with van der Waals surface area (Å²) >= 11 is 8.01. The Balaban J connectivity index is 2.01. The van der Waals surface area contributed by atoms with E-state index in [1.54, 1.807) is 12.1 Å². The second-order valence-electron chi connectivity index (χ2n) is 4.92. The smallest absolute Gasteiger partial charge is 0.117 e. The maximum Gasteiger partial charge on any atom is 0.117 e. The van der Waals surface area contributed by atoms with Crippen molar-refractivity contribution in [3.8, 4) is 5.75 Å². The molecule has 18 heavy (non-hydrogen) atoms. The van der Waals surface area contributed by atoms with Crippen molar-refractivity contribution in [3.05, 3.63) is 23.2 Å². The van der Waals surface area contributed by atoms with Crippen LogP contribution in [0.25, 0.3) is 0 Å². The number of likely N-dealkylation sites (tertiary alicyclic amines) is 1. The van der Waals surface area contributed by atoms with Crippen molar-refractivity contribution in [3.63, 3.8) is 0 Å². The number of piperidine rings is 1. The van der Waals surface area contributed by atoms with Crippen LogP contribution in [0.15, 0.2) is 23.1 Å². The summed E-state index contributed by atoms with van der Waals surface area (Å²) in [5.74, 6) is 0.235. The van der Waals surface area contributed by atoms with E-state index < -0.39 is 0 Å². The van der Waals surface area contributed by atoms with Crippen LogP contribution in [0.2, 0.25) is 5.02 Å². The third-order valence-corrected chi connectivity index (χ3v) is 5.44. The van der Waals surface area contributed by atoms with E-state index in [0.717, 1.165) is 11.4 Å². The average molecular weight is 286 g/mol. The molecule has 1 heterocycles. The second kappa shape index (κ2) is 6.18. The zero-order valence-corrected chi connectivity index (χ0v) is 12.5. The first-order valence-electron chi connectivity index (χ1n) is 6.45. The highest BCUT2D eigenvalue weighted by molar-refractivity contribution is 8.00. The number of hydrogen-bond acceptors (Lipinski definition) is 3. The zero-order chi connectivity index (χ0) is 13.1. The summed E-state index contributed by atoms with van der Waals surface area (Å²) in [6.07, 6.45) is 3.63. The Labute approximate surface area is 118 Å². The maximum atomic E-state index is 9.36. The van der Waals surface area contributed by atoms with Gasteiger partial charge in [-0.15, -0.1) is 11.8 Å². The Bertz CT molecular complexity index is 413. The lowest BCUT2D eigenvalue weighted by atomic mass is 10.0. The van der Waals surface area contributed by atoms with E-state index in [0.29, 0.717) is 16.3 Å². The lowest BCUT2D eigenvalue weighted by Gasteiger charge is -2.36. The minimum absolute atomic E-state index is 0.235. The van der Waals surface area contributed by atoms with Crippen LogP contribution in [0.4, 0.5) is 0 Å². The molecule has 0 saturated carbocycles. The third kappa shape index (κ3) is 3.34. The Hall–Kier alpha value is -0.380. The van der Waals surface area contributed by atoms with Gasteiger partial charge >= 0.3 is 0 Å². The van der Waals surface area contributed by atoms with Gasteiger partial charge in [-0.25, -0.2) is 0 Å². The molecule has 1 saturated heterocycles. The number of aromatic hydroxyl groups is 1. The Morgan fingerprint density at radius 1 is 1.50 bits per heavy atom. The summed E-state index contributed by atoms with van der Waals surface area (Å²) in [7, 11) is 2.21. The van der Waals surface area contributed by atoms with Crippen molar-refractivity contribution in [2.24, 2.45) is 0 Å². The van der Waals surface area contributed by atoms with E-state index in [1.807, 2.05) is 17.8 Å². The van der Waals surface area contributed by atoms with Gasteiger partial charge in [0.1, 0.15) is 5.75 Å². The van der Waals surface area contributed by atoms with Gasteiger partial charge in [-0.05, 0) is 51.1 Å². The summed E-state index contributed by atoms with van der Waals surface area (Å²) in [5, 5.41) is 10.6. The fourth-order valence-electron chi connectivity index (χ4n) is 2.48. The van der Waals surface area contributed by atoms with Crippen LogP contribution in [-0.4, -0.2) is 34.9 Å². The van der Waals surface area contributed by atoms with Crippen LogP contribution in [0.3, 0.4) is 0 Å². The van der Waals surface area contributed by atoms with Gasteiger partial charge in [0.2, 0.25) is 0 Å². The average Bonchev–Trinajstić information content (AvgIpc) is 2.35. The SMILES string of the molecule is CCC1C[C@@H](Sc2ccc(O)cc2Cl)CCN1C. The summed E-state index contributed by atoms with van der Waals surface area (Å²) in [4.78, 5) is 3.54. The van der Waals surface area contributed by atoms with Gasteiger partial charge in [0.25, 0.3) is 0 Å². The van der Waals surface area contributed by atoms with Crippen molar-refractivity contribution in [2.75, 3.05) is 13.6 Å². The first kappa shape index (κ1) is 14.0. The van der Waals surface area contributed by atoms with Gasteiger partial charge in [0, 0.05) is 16.2 Å². The summed E-state index contributed by atoms with van der Waals surface area (Å²) in [6.45, 7) is 3.41. The van der Waals surface area contributed by atoms with Crippen LogP contribution in [-0.2, 0) is 0 Å². The monoisotopic (exact) mass is 285 g/mol. The van der Waals surface area contributed by atoms with E-state index in [4.69, 9.17) is 11.6 Å². The molecular formula is C14H20ClNOS. The molecule has 1 aromatic carbocycles. The molecule has 0 radical (unpaired) electrons. The van der Waals surface area contributed by atoms with Gasteiger partial charge in [-0.3, -0.25) is 0 Å².